The summed E-state index contributed by atoms with van der Waals surface area (Å²) < 4.78 is 0. The van der Waals surface area contributed by atoms with Crippen LogP contribution in [0.5, 0.6) is 0 Å². The van der Waals surface area contributed by atoms with Gasteiger partial charge in [0.25, 0.3) is 0 Å². The molecule has 0 rings (SSSR count). The molecule has 19 heavy (non-hydrogen) atoms. The lowest BCUT2D eigenvalue weighted by molar-refractivity contribution is 0.127. The summed E-state index contributed by atoms with van der Waals surface area (Å²) in [5, 5.41) is 3.68. The lowest BCUT2D eigenvalue weighted by atomic mass is 9.81. The van der Waals surface area contributed by atoms with Crippen LogP contribution >= 0.6 is 0 Å². The Hall–Kier alpha value is -0.0800. The van der Waals surface area contributed by atoms with E-state index >= 15 is 0 Å². The van der Waals surface area contributed by atoms with Gasteiger partial charge in [-0.3, -0.25) is 0 Å². The third kappa shape index (κ3) is 7.94. The number of hydrogen-bond donors (Lipinski definition) is 1. The van der Waals surface area contributed by atoms with Gasteiger partial charge in [0.05, 0.1) is 0 Å². The molecule has 0 spiro atoms. The van der Waals surface area contributed by atoms with Crippen molar-refractivity contribution in [2.24, 2.45) is 17.3 Å². The van der Waals surface area contributed by atoms with Gasteiger partial charge in [0.1, 0.15) is 0 Å². The number of hydrogen-bond acceptors (Lipinski definition) is 2. The Morgan fingerprint density at radius 1 is 0.947 bits per heavy atom. The van der Waals surface area contributed by atoms with E-state index in [0.717, 1.165) is 24.9 Å². The summed E-state index contributed by atoms with van der Waals surface area (Å²) in [4.78, 5) is 2.63. The van der Waals surface area contributed by atoms with Gasteiger partial charge in [-0.1, -0.05) is 48.5 Å². The van der Waals surface area contributed by atoms with E-state index in [2.05, 4.69) is 58.7 Å². The molecule has 0 atom stereocenters. The van der Waals surface area contributed by atoms with Crippen molar-refractivity contribution < 1.29 is 0 Å². The zero-order valence-electron chi connectivity index (χ0n) is 14.6. The standard InChI is InChI=1S/C17H38N2/c1-8-17(9-2,13-18-11-15(4)5)14-19(10-3)12-16(6)7/h15-16,18H,8-14H2,1-7H3. The van der Waals surface area contributed by atoms with Gasteiger partial charge in [0.15, 0.2) is 0 Å². The molecule has 0 fully saturated rings. The minimum atomic E-state index is 0.444. The molecule has 1 N–H and O–H groups in total. The van der Waals surface area contributed by atoms with Gasteiger partial charge in [-0.05, 0) is 43.2 Å². The summed E-state index contributed by atoms with van der Waals surface area (Å²) in [6.45, 7) is 22.1. The van der Waals surface area contributed by atoms with Crippen molar-refractivity contribution in [2.45, 2.75) is 61.3 Å². The van der Waals surface area contributed by atoms with Crippen LogP contribution in [0.25, 0.3) is 0 Å². The summed E-state index contributed by atoms with van der Waals surface area (Å²) in [6.07, 6.45) is 2.53. The highest BCUT2D eigenvalue weighted by Gasteiger charge is 2.28. The van der Waals surface area contributed by atoms with E-state index in [-0.39, 0.29) is 0 Å². The van der Waals surface area contributed by atoms with E-state index < -0.39 is 0 Å². The number of rotatable bonds is 11. The van der Waals surface area contributed by atoms with Crippen LogP contribution in [0.15, 0.2) is 0 Å². The van der Waals surface area contributed by atoms with Gasteiger partial charge in [0.2, 0.25) is 0 Å². The Morgan fingerprint density at radius 2 is 1.53 bits per heavy atom. The second-order valence-electron chi connectivity index (χ2n) is 6.95. The van der Waals surface area contributed by atoms with E-state index in [0.29, 0.717) is 5.41 Å². The summed E-state index contributed by atoms with van der Waals surface area (Å²) in [5.74, 6) is 1.50. The lowest BCUT2D eigenvalue weighted by Crippen LogP contribution is -2.45. The van der Waals surface area contributed by atoms with E-state index in [9.17, 15) is 0 Å². The fourth-order valence-electron chi connectivity index (χ4n) is 2.70. The number of nitrogens with one attached hydrogen (secondary N) is 1. The first-order valence-corrected chi connectivity index (χ1v) is 8.32. The van der Waals surface area contributed by atoms with Crippen molar-refractivity contribution in [1.29, 1.82) is 0 Å². The van der Waals surface area contributed by atoms with Gasteiger partial charge >= 0.3 is 0 Å². The summed E-state index contributed by atoms with van der Waals surface area (Å²) in [5.41, 5.74) is 0.444. The molecule has 0 aromatic heterocycles. The highest BCUT2D eigenvalue weighted by Crippen LogP contribution is 2.27. The highest BCUT2D eigenvalue weighted by atomic mass is 15.1. The minimum absolute atomic E-state index is 0.444. The largest absolute Gasteiger partial charge is 0.316 e. The molecular formula is C17H38N2. The van der Waals surface area contributed by atoms with Gasteiger partial charge in [-0.25, -0.2) is 0 Å². The third-order valence-corrected chi connectivity index (χ3v) is 4.18. The maximum Gasteiger partial charge on any atom is 0.00499 e. The average Bonchev–Trinajstić information content (AvgIpc) is 2.35. The maximum absolute atomic E-state index is 3.68. The first kappa shape index (κ1) is 18.9. The van der Waals surface area contributed by atoms with Crippen molar-refractivity contribution in [3.63, 3.8) is 0 Å². The molecule has 0 aliphatic carbocycles. The highest BCUT2D eigenvalue weighted by molar-refractivity contribution is 4.83. The molecule has 0 heterocycles. The van der Waals surface area contributed by atoms with Crippen molar-refractivity contribution >= 4 is 0 Å². The zero-order chi connectivity index (χ0) is 14.9. The predicted octanol–water partition coefficient (Wildman–Crippen LogP) is 4.02. The maximum atomic E-state index is 3.68. The molecule has 0 aromatic rings. The minimum Gasteiger partial charge on any atom is -0.316 e. The summed E-state index contributed by atoms with van der Waals surface area (Å²) >= 11 is 0. The van der Waals surface area contributed by atoms with Crippen LogP contribution in [0.4, 0.5) is 0 Å². The second kappa shape index (κ2) is 9.77. The number of nitrogens with zero attached hydrogens (tertiary/aromatic N) is 1. The molecule has 0 amide bonds. The average molecular weight is 271 g/mol. The van der Waals surface area contributed by atoms with Crippen LogP contribution < -0.4 is 5.32 Å². The lowest BCUT2D eigenvalue weighted by Gasteiger charge is -2.38. The molecule has 0 aliphatic heterocycles. The third-order valence-electron chi connectivity index (χ3n) is 4.18. The molecular weight excluding hydrogens is 232 g/mol. The van der Waals surface area contributed by atoms with E-state index in [1.165, 1.54) is 32.5 Å². The molecule has 0 bridgehead atoms. The Kier molecular flexibility index (Phi) is 9.72. The first-order valence-electron chi connectivity index (χ1n) is 8.32. The fraction of sp³-hybridized carbons (Fsp3) is 1.00. The van der Waals surface area contributed by atoms with Crippen LogP contribution in [0.3, 0.4) is 0 Å². The molecule has 2 nitrogen and oxygen atoms in total. The quantitative estimate of drug-likeness (QED) is 0.610. The Bertz CT molecular complexity index is 207. The molecule has 0 saturated heterocycles. The van der Waals surface area contributed by atoms with Gasteiger partial charge < -0.3 is 10.2 Å². The molecule has 0 aromatic carbocycles. The van der Waals surface area contributed by atoms with E-state index in [1.807, 2.05) is 0 Å². The summed E-state index contributed by atoms with van der Waals surface area (Å²) in [6, 6.07) is 0. The molecule has 0 radical (unpaired) electrons. The van der Waals surface area contributed by atoms with Gasteiger partial charge in [0, 0.05) is 19.6 Å². The van der Waals surface area contributed by atoms with Crippen LogP contribution in [0.1, 0.15) is 61.3 Å². The van der Waals surface area contributed by atoms with E-state index in [4.69, 9.17) is 0 Å². The molecule has 0 aliphatic rings. The molecule has 116 valence electrons. The van der Waals surface area contributed by atoms with Gasteiger partial charge in [-0.15, -0.1) is 0 Å². The first-order chi connectivity index (χ1) is 8.89. The fourth-order valence-corrected chi connectivity index (χ4v) is 2.70. The Balaban J connectivity index is 4.48. The second-order valence-corrected chi connectivity index (χ2v) is 6.95. The Morgan fingerprint density at radius 3 is 1.89 bits per heavy atom. The zero-order valence-corrected chi connectivity index (χ0v) is 14.6. The van der Waals surface area contributed by atoms with Crippen molar-refractivity contribution in [1.82, 2.24) is 10.2 Å². The van der Waals surface area contributed by atoms with Crippen molar-refractivity contribution in [2.75, 3.05) is 32.7 Å². The van der Waals surface area contributed by atoms with Crippen molar-refractivity contribution in [3.8, 4) is 0 Å². The normalized spacial score (nSPS) is 12.9. The topological polar surface area (TPSA) is 15.3 Å². The molecule has 2 heteroatoms. The molecule has 0 saturated carbocycles. The van der Waals surface area contributed by atoms with Crippen LogP contribution in [0, 0.1) is 17.3 Å². The van der Waals surface area contributed by atoms with Gasteiger partial charge in [-0.2, -0.15) is 0 Å². The van der Waals surface area contributed by atoms with Crippen molar-refractivity contribution in [3.05, 3.63) is 0 Å². The summed E-state index contributed by atoms with van der Waals surface area (Å²) in [7, 11) is 0. The van der Waals surface area contributed by atoms with Crippen LogP contribution in [0.2, 0.25) is 0 Å². The van der Waals surface area contributed by atoms with Crippen LogP contribution in [-0.4, -0.2) is 37.6 Å². The Labute approximate surface area is 122 Å². The predicted molar refractivity (Wildman–Crippen MR) is 87.7 cm³/mol. The van der Waals surface area contributed by atoms with Crippen LogP contribution in [-0.2, 0) is 0 Å². The smallest absolute Gasteiger partial charge is 0.00499 e. The molecule has 0 unspecified atom stereocenters. The van der Waals surface area contributed by atoms with E-state index in [1.54, 1.807) is 0 Å². The monoisotopic (exact) mass is 270 g/mol. The SMILES string of the molecule is CCN(CC(C)C)CC(CC)(CC)CNCC(C)C.